The molecule has 3 atom stereocenters. The van der Waals surface area contributed by atoms with Crippen molar-refractivity contribution in [3.05, 3.63) is 29.3 Å². The van der Waals surface area contributed by atoms with E-state index in [1.807, 2.05) is 9.80 Å². The Morgan fingerprint density at radius 3 is 2.50 bits per heavy atom. The number of urea groups is 1. The first kappa shape index (κ1) is 19.5. The Balaban J connectivity index is 1.34. The van der Waals surface area contributed by atoms with Gasteiger partial charge in [0.25, 0.3) is 5.91 Å². The number of piperidine rings is 1. The number of anilines is 1. The van der Waals surface area contributed by atoms with Gasteiger partial charge in [-0.25, -0.2) is 4.79 Å². The molecule has 28 heavy (non-hydrogen) atoms. The van der Waals surface area contributed by atoms with Crippen molar-refractivity contribution in [3.63, 3.8) is 0 Å². The molecule has 3 saturated heterocycles. The summed E-state index contributed by atoms with van der Waals surface area (Å²) in [5.74, 6) is 0.345. The number of nitrogens with zero attached hydrogens (tertiary/aromatic N) is 2. The van der Waals surface area contributed by atoms with E-state index in [0.717, 1.165) is 50.9 Å². The second-order valence-corrected chi connectivity index (χ2v) is 8.71. The molecule has 0 aliphatic carbocycles. The van der Waals surface area contributed by atoms with E-state index in [1.165, 1.54) is 0 Å². The van der Waals surface area contributed by atoms with E-state index in [4.69, 9.17) is 16.3 Å². The summed E-state index contributed by atoms with van der Waals surface area (Å²) < 4.78 is 6.37. The molecule has 1 N–H and O–H groups in total. The van der Waals surface area contributed by atoms with Crippen molar-refractivity contribution in [2.75, 3.05) is 31.5 Å². The minimum absolute atomic E-state index is 0.105. The summed E-state index contributed by atoms with van der Waals surface area (Å²) in [6.07, 6.45) is 4.33. The summed E-state index contributed by atoms with van der Waals surface area (Å²) in [5.41, 5.74) is 0.452. The van der Waals surface area contributed by atoms with Crippen LogP contribution >= 0.6 is 11.6 Å². The zero-order valence-electron chi connectivity index (χ0n) is 16.3. The molecule has 3 heterocycles. The van der Waals surface area contributed by atoms with E-state index in [1.54, 1.807) is 24.3 Å². The maximum atomic E-state index is 12.7. The van der Waals surface area contributed by atoms with Crippen LogP contribution in [-0.4, -0.2) is 59.6 Å². The maximum absolute atomic E-state index is 12.7. The SMILES string of the molecule is C[C@@H]1CN(C(=O)Nc2ccc(Cl)cc2)CC[C@]12CC[C@H](C(=O)N1CCCC1)O2. The molecule has 7 heteroatoms. The fourth-order valence-corrected chi connectivity index (χ4v) is 4.84. The Bertz CT molecular complexity index is 735. The van der Waals surface area contributed by atoms with Gasteiger partial charge >= 0.3 is 6.03 Å². The lowest BCUT2D eigenvalue weighted by atomic mass is 9.80. The van der Waals surface area contributed by atoms with Gasteiger partial charge in [0.05, 0.1) is 5.60 Å². The summed E-state index contributed by atoms with van der Waals surface area (Å²) in [5, 5.41) is 3.57. The van der Waals surface area contributed by atoms with Gasteiger partial charge in [-0.05, 0) is 56.4 Å². The van der Waals surface area contributed by atoms with Crippen molar-refractivity contribution in [2.24, 2.45) is 5.92 Å². The van der Waals surface area contributed by atoms with Crippen LogP contribution in [0.25, 0.3) is 0 Å². The number of amides is 3. The highest BCUT2D eigenvalue weighted by Gasteiger charge is 2.50. The van der Waals surface area contributed by atoms with E-state index >= 15 is 0 Å². The van der Waals surface area contributed by atoms with E-state index in [0.29, 0.717) is 18.1 Å². The van der Waals surface area contributed by atoms with E-state index < -0.39 is 0 Å². The van der Waals surface area contributed by atoms with Crippen LogP contribution in [0, 0.1) is 5.92 Å². The van der Waals surface area contributed by atoms with Crippen molar-refractivity contribution in [2.45, 2.75) is 50.7 Å². The molecule has 3 fully saturated rings. The molecule has 152 valence electrons. The highest BCUT2D eigenvalue weighted by Crippen LogP contribution is 2.43. The number of benzene rings is 1. The monoisotopic (exact) mass is 405 g/mol. The Kier molecular flexibility index (Phi) is 5.52. The third kappa shape index (κ3) is 3.85. The molecule has 3 aliphatic rings. The molecule has 0 aromatic heterocycles. The molecule has 0 unspecified atom stereocenters. The first-order valence-corrected chi connectivity index (χ1v) is 10.6. The summed E-state index contributed by atoms with van der Waals surface area (Å²) >= 11 is 5.90. The molecule has 6 nitrogen and oxygen atoms in total. The van der Waals surface area contributed by atoms with Gasteiger partial charge in [-0.2, -0.15) is 0 Å². The summed E-state index contributed by atoms with van der Waals surface area (Å²) in [4.78, 5) is 29.1. The van der Waals surface area contributed by atoms with Crippen LogP contribution in [0.3, 0.4) is 0 Å². The highest BCUT2D eigenvalue weighted by molar-refractivity contribution is 6.30. The fraction of sp³-hybridized carbons (Fsp3) is 0.619. The molecule has 0 bridgehead atoms. The van der Waals surface area contributed by atoms with Gasteiger partial charge in [0, 0.05) is 42.8 Å². The van der Waals surface area contributed by atoms with Gasteiger partial charge in [0.2, 0.25) is 0 Å². The topological polar surface area (TPSA) is 61.9 Å². The van der Waals surface area contributed by atoms with E-state index in [-0.39, 0.29) is 29.6 Å². The lowest BCUT2D eigenvalue weighted by Gasteiger charge is -2.44. The van der Waals surface area contributed by atoms with Crippen molar-refractivity contribution in [3.8, 4) is 0 Å². The minimum atomic E-state index is -0.310. The van der Waals surface area contributed by atoms with Gasteiger partial charge in [-0.15, -0.1) is 0 Å². The molecule has 3 aliphatic heterocycles. The lowest BCUT2D eigenvalue weighted by molar-refractivity contribution is -0.154. The smallest absolute Gasteiger partial charge is 0.321 e. The number of likely N-dealkylation sites (tertiary alicyclic amines) is 2. The van der Waals surface area contributed by atoms with Gasteiger partial charge in [-0.1, -0.05) is 18.5 Å². The number of hydrogen-bond donors (Lipinski definition) is 1. The quantitative estimate of drug-likeness (QED) is 0.814. The molecule has 1 aromatic carbocycles. The Morgan fingerprint density at radius 1 is 1.11 bits per heavy atom. The van der Waals surface area contributed by atoms with E-state index in [9.17, 15) is 9.59 Å². The van der Waals surface area contributed by atoms with Gasteiger partial charge < -0.3 is 19.9 Å². The first-order valence-electron chi connectivity index (χ1n) is 10.2. The first-order chi connectivity index (χ1) is 13.5. The molecular weight excluding hydrogens is 378 g/mol. The van der Waals surface area contributed by atoms with Crippen molar-refractivity contribution < 1.29 is 14.3 Å². The van der Waals surface area contributed by atoms with Gasteiger partial charge in [0.1, 0.15) is 6.10 Å². The van der Waals surface area contributed by atoms with Crippen LogP contribution < -0.4 is 5.32 Å². The number of rotatable bonds is 2. The third-order valence-corrected chi connectivity index (χ3v) is 6.73. The van der Waals surface area contributed by atoms with Crippen LogP contribution in [-0.2, 0) is 9.53 Å². The highest BCUT2D eigenvalue weighted by atomic mass is 35.5. The Morgan fingerprint density at radius 2 is 1.82 bits per heavy atom. The summed E-state index contributed by atoms with van der Waals surface area (Å²) in [6, 6.07) is 7.00. The fourth-order valence-electron chi connectivity index (χ4n) is 4.72. The van der Waals surface area contributed by atoms with Crippen LogP contribution in [0.4, 0.5) is 10.5 Å². The van der Waals surface area contributed by atoms with Crippen LogP contribution in [0.2, 0.25) is 5.02 Å². The predicted molar refractivity (Wildman–Crippen MR) is 108 cm³/mol. The van der Waals surface area contributed by atoms with Crippen molar-refractivity contribution >= 4 is 29.2 Å². The zero-order chi connectivity index (χ0) is 19.7. The van der Waals surface area contributed by atoms with Gasteiger partial charge in [-0.3, -0.25) is 4.79 Å². The lowest BCUT2D eigenvalue weighted by Crippen LogP contribution is -2.54. The van der Waals surface area contributed by atoms with Crippen LogP contribution in [0.1, 0.15) is 39.0 Å². The second-order valence-electron chi connectivity index (χ2n) is 8.28. The molecule has 1 aromatic rings. The summed E-state index contributed by atoms with van der Waals surface area (Å²) in [6.45, 7) is 5.11. The number of hydrogen-bond acceptors (Lipinski definition) is 3. The second kappa shape index (κ2) is 7.91. The number of ether oxygens (including phenoxy) is 1. The summed E-state index contributed by atoms with van der Waals surface area (Å²) in [7, 11) is 0. The number of nitrogens with one attached hydrogen (secondary N) is 1. The maximum Gasteiger partial charge on any atom is 0.321 e. The molecule has 4 rings (SSSR count). The average Bonchev–Trinajstić information content (AvgIpc) is 3.36. The Hall–Kier alpha value is -1.79. The van der Waals surface area contributed by atoms with Crippen molar-refractivity contribution in [1.29, 1.82) is 0 Å². The number of halogens is 1. The molecule has 0 radical (unpaired) electrons. The van der Waals surface area contributed by atoms with E-state index in [2.05, 4.69) is 12.2 Å². The number of carbonyl (C=O) groups excluding carboxylic acids is 2. The molecule has 3 amide bonds. The zero-order valence-corrected chi connectivity index (χ0v) is 17.1. The number of carbonyl (C=O) groups is 2. The van der Waals surface area contributed by atoms with Crippen molar-refractivity contribution in [1.82, 2.24) is 9.80 Å². The molecule has 0 saturated carbocycles. The Labute approximate surface area is 171 Å². The van der Waals surface area contributed by atoms with Gasteiger partial charge in [0.15, 0.2) is 0 Å². The largest absolute Gasteiger partial charge is 0.362 e. The third-order valence-electron chi connectivity index (χ3n) is 6.48. The molecular formula is C21H28ClN3O3. The molecule has 1 spiro atoms. The van der Waals surface area contributed by atoms with Crippen LogP contribution in [0.5, 0.6) is 0 Å². The standard InChI is InChI=1S/C21H28ClN3O3/c1-15-14-25(20(27)23-17-6-4-16(22)5-7-17)13-10-21(15)9-8-18(28-21)19(26)24-11-2-3-12-24/h4-7,15,18H,2-3,8-14H2,1H3,(H,23,27)/t15-,18-,21-/m1/s1. The van der Waals surface area contributed by atoms with Crippen LogP contribution in [0.15, 0.2) is 24.3 Å². The predicted octanol–water partition coefficient (Wildman–Crippen LogP) is 3.75. The normalized spacial score (nSPS) is 30.1. The average molecular weight is 406 g/mol. The minimum Gasteiger partial charge on any atom is -0.362 e.